The van der Waals surface area contributed by atoms with E-state index in [9.17, 15) is 4.79 Å². The highest BCUT2D eigenvalue weighted by molar-refractivity contribution is 5.81. The maximum Gasteiger partial charge on any atom is 0.236 e. The first-order chi connectivity index (χ1) is 8.00. The third-order valence-corrected chi connectivity index (χ3v) is 2.59. The van der Waals surface area contributed by atoms with Gasteiger partial charge in [-0.25, -0.2) is 4.98 Å². The summed E-state index contributed by atoms with van der Waals surface area (Å²) < 4.78 is 0. The maximum absolute atomic E-state index is 11.7. The van der Waals surface area contributed by atoms with Crippen LogP contribution in [-0.2, 0) is 11.3 Å². The van der Waals surface area contributed by atoms with Crippen molar-refractivity contribution in [2.45, 2.75) is 40.3 Å². The molecule has 1 rings (SSSR count). The molecule has 1 unspecified atom stereocenters. The lowest BCUT2D eigenvalue weighted by Crippen LogP contribution is -2.43. The van der Waals surface area contributed by atoms with Gasteiger partial charge in [0.05, 0.1) is 18.1 Å². The van der Waals surface area contributed by atoms with Crippen LogP contribution in [0.5, 0.6) is 0 Å². The van der Waals surface area contributed by atoms with Gasteiger partial charge in [-0.1, -0.05) is 13.8 Å². The van der Waals surface area contributed by atoms with Gasteiger partial charge < -0.3 is 15.6 Å². The third kappa shape index (κ3) is 4.56. The largest absolute Gasteiger partial charge is 0.354 e. The summed E-state index contributed by atoms with van der Waals surface area (Å²) in [5.41, 5.74) is 1.99. The first kappa shape index (κ1) is 13.7. The Kier molecular flexibility index (Phi) is 5.15. The Morgan fingerprint density at radius 3 is 2.71 bits per heavy atom. The number of carbonyl (C=O) groups is 1. The number of aryl methyl sites for hydroxylation is 1. The Labute approximate surface area is 102 Å². The quantitative estimate of drug-likeness (QED) is 0.691. The molecule has 0 aliphatic rings. The lowest BCUT2D eigenvalue weighted by Gasteiger charge is -2.14. The Morgan fingerprint density at radius 2 is 2.18 bits per heavy atom. The number of imidazole rings is 1. The average molecular weight is 238 g/mol. The van der Waals surface area contributed by atoms with Crippen molar-refractivity contribution in [3.05, 3.63) is 17.7 Å². The number of rotatable bonds is 6. The van der Waals surface area contributed by atoms with Crippen LogP contribution in [0.25, 0.3) is 0 Å². The van der Waals surface area contributed by atoms with E-state index in [0.717, 1.165) is 11.4 Å². The average Bonchev–Trinajstić information content (AvgIpc) is 2.68. The van der Waals surface area contributed by atoms with Crippen LogP contribution in [0.4, 0.5) is 0 Å². The molecule has 0 saturated carbocycles. The van der Waals surface area contributed by atoms with Crippen LogP contribution in [0.3, 0.4) is 0 Å². The van der Waals surface area contributed by atoms with Gasteiger partial charge >= 0.3 is 0 Å². The zero-order valence-corrected chi connectivity index (χ0v) is 11.0. The van der Waals surface area contributed by atoms with E-state index in [4.69, 9.17) is 0 Å². The predicted molar refractivity (Wildman–Crippen MR) is 67.5 cm³/mol. The summed E-state index contributed by atoms with van der Waals surface area (Å²) in [5.74, 6) is 0.506. The second-order valence-corrected chi connectivity index (χ2v) is 4.72. The number of amides is 1. The fourth-order valence-corrected chi connectivity index (χ4v) is 1.37. The van der Waals surface area contributed by atoms with Gasteiger partial charge in [0.15, 0.2) is 0 Å². The number of aromatic nitrogens is 2. The third-order valence-electron chi connectivity index (χ3n) is 2.59. The summed E-state index contributed by atoms with van der Waals surface area (Å²) in [7, 11) is 0. The SMILES string of the molecule is Cc1[nH]cnc1CNC(C)C(=O)NCC(C)C. The van der Waals surface area contributed by atoms with Gasteiger partial charge in [0.1, 0.15) is 0 Å². The standard InChI is InChI=1S/C12H22N4O/c1-8(2)5-14-12(17)10(4)13-6-11-9(3)15-7-16-11/h7-8,10,13H,5-6H2,1-4H3,(H,14,17)(H,15,16). The molecule has 0 aliphatic heterocycles. The smallest absolute Gasteiger partial charge is 0.236 e. The van der Waals surface area contributed by atoms with Gasteiger partial charge in [-0.15, -0.1) is 0 Å². The zero-order chi connectivity index (χ0) is 12.8. The van der Waals surface area contributed by atoms with Crippen molar-refractivity contribution < 1.29 is 4.79 Å². The Hall–Kier alpha value is -1.36. The lowest BCUT2D eigenvalue weighted by atomic mass is 10.2. The molecule has 96 valence electrons. The van der Waals surface area contributed by atoms with Crippen LogP contribution in [0.2, 0.25) is 0 Å². The van der Waals surface area contributed by atoms with Crippen molar-refractivity contribution in [3.63, 3.8) is 0 Å². The van der Waals surface area contributed by atoms with Gasteiger partial charge in [-0.3, -0.25) is 4.79 Å². The minimum absolute atomic E-state index is 0.0342. The number of aromatic amines is 1. The summed E-state index contributed by atoms with van der Waals surface area (Å²) in [6.45, 7) is 9.29. The number of nitrogens with one attached hydrogen (secondary N) is 3. The summed E-state index contributed by atoms with van der Waals surface area (Å²) in [6.07, 6.45) is 1.66. The summed E-state index contributed by atoms with van der Waals surface area (Å²) in [4.78, 5) is 18.9. The van der Waals surface area contributed by atoms with Gasteiger partial charge in [-0.2, -0.15) is 0 Å². The summed E-state index contributed by atoms with van der Waals surface area (Å²) >= 11 is 0. The predicted octanol–water partition coefficient (Wildman–Crippen LogP) is 0.968. The van der Waals surface area contributed by atoms with E-state index in [-0.39, 0.29) is 11.9 Å². The molecule has 0 fully saturated rings. The molecule has 1 heterocycles. The summed E-state index contributed by atoms with van der Waals surface area (Å²) in [6, 6.07) is -0.204. The van der Waals surface area contributed by atoms with Crippen molar-refractivity contribution in [2.75, 3.05) is 6.54 Å². The highest BCUT2D eigenvalue weighted by Gasteiger charge is 2.12. The highest BCUT2D eigenvalue weighted by atomic mass is 16.2. The van der Waals surface area contributed by atoms with E-state index >= 15 is 0 Å². The van der Waals surface area contributed by atoms with E-state index in [2.05, 4.69) is 34.4 Å². The van der Waals surface area contributed by atoms with Crippen molar-refractivity contribution in [1.29, 1.82) is 0 Å². The van der Waals surface area contributed by atoms with Crippen LogP contribution >= 0.6 is 0 Å². The van der Waals surface area contributed by atoms with Gasteiger partial charge in [0.2, 0.25) is 5.91 Å². The first-order valence-electron chi connectivity index (χ1n) is 6.00. The van der Waals surface area contributed by atoms with Crippen LogP contribution < -0.4 is 10.6 Å². The van der Waals surface area contributed by atoms with Gasteiger partial charge in [0.25, 0.3) is 0 Å². The number of hydrogen-bond donors (Lipinski definition) is 3. The molecule has 0 radical (unpaired) electrons. The molecule has 1 atom stereocenters. The fraction of sp³-hybridized carbons (Fsp3) is 0.667. The molecule has 3 N–H and O–H groups in total. The second kappa shape index (κ2) is 6.39. The molecule has 1 aromatic heterocycles. The van der Waals surface area contributed by atoms with E-state index in [1.54, 1.807) is 6.33 Å². The first-order valence-corrected chi connectivity index (χ1v) is 6.00. The van der Waals surface area contributed by atoms with E-state index in [1.165, 1.54) is 0 Å². The maximum atomic E-state index is 11.7. The van der Waals surface area contributed by atoms with E-state index < -0.39 is 0 Å². The van der Waals surface area contributed by atoms with E-state index in [0.29, 0.717) is 19.0 Å². The molecular weight excluding hydrogens is 216 g/mol. The molecule has 0 bridgehead atoms. The van der Waals surface area contributed by atoms with Crippen LogP contribution in [-0.4, -0.2) is 28.5 Å². The Balaban J connectivity index is 2.31. The van der Waals surface area contributed by atoms with Gasteiger partial charge in [-0.05, 0) is 19.8 Å². The summed E-state index contributed by atoms with van der Waals surface area (Å²) in [5, 5.41) is 6.05. The molecule has 5 nitrogen and oxygen atoms in total. The van der Waals surface area contributed by atoms with Crippen LogP contribution in [0.15, 0.2) is 6.33 Å². The highest BCUT2D eigenvalue weighted by Crippen LogP contribution is 2.00. The molecule has 0 saturated heterocycles. The minimum Gasteiger partial charge on any atom is -0.354 e. The normalized spacial score (nSPS) is 12.8. The van der Waals surface area contributed by atoms with E-state index in [1.807, 2.05) is 13.8 Å². The second-order valence-electron chi connectivity index (χ2n) is 4.72. The monoisotopic (exact) mass is 238 g/mol. The van der Waals surface area contributed by atoms with Crippen molar-refractivity contribution in [1.82, 2.24) is 20.6 Å². The number of H-pyrrole nitrogens is 1. The molecule has 1 amide bonds. The fourth-order valence-electron chi connectivity index (χ4n) is 1.37. The molecule has 0 aromatic carbocycles. The van der Waals surface area contributed by atoms with Gasteiger partial charge in [0, 0.05) is 18.8 Å². The lowest BCUT2D eigenvalue weighted by molar-refractivity contribution is -0.122. The Bertz CT molecular complexity index is 359. The van der Waals surface area contributed by atoms with Crippen molar-refractivity contribution in [2.24, 2.45) is 5.92 Å². The zero-order valence-electron chi connectivity index (χ0n) is 11.0. The van der Waals surface area contributed by atoms with Crippen molar-refractivity contribution in [3.8, 4) is 0 Å². The van der Waals surface area contributed by atoms with Crippen molar-refractivity contribution >= 4 is 5.91 Å². The van der Waals surface area contributed by atoms with Crippen LogP contribution in [0, 0.1) is 12.8 Å². The molecular formula is C12H22N4O. The molecule has 0 spiro atoms. The number of hydrogen-bond acceptors (Lipinski definition) is 3. The molecule has 5 heteroatoms. The number of nitrogens with zero attached hydrogens (tertiary/aromatic N) is 1. The van der Waals surface area contributed by atoms with Crippen LogP contribution in [0.1, 0.15) is 32.2 Å². The molecule has 17 heavy (non-hydrogen) atoms. The molecule has 1 aromatic rings. The Morgan fingerprint density at radius 1 is 1.47 bits per heavy atom. The molecule has 0 aliphatic carbocycles. The number of carbonyl (C=O) groups excluding carboxylic acids is 1. The topological polar surface area (TPSA) is 69.8 Å². The minimum atomic E-state index is -0.204.